The number of nitrogens with zero attached hydrogens (tertiary/aromatic N) is 2. The number of rotatable bonds is 2. The van der Waals surface area contributed by atoms with Gasteiger partial charge in [0.1, 0.15) is 0 Å². The number of fused-ring (bicyclic) bond motifs is 1. The molecular formula is C12H11BrClN5O. The molecule has 104 valence electrons. The molecule has 3 N–H and O–H groups in total. The molecule has 1 aliphatic rings. The zero-order valence-electron chi connectivity index (χ0n) is 10.3. The van der Waals surface area contributed by atoms with Crippen molar-refractivity contribution >= 4 is 39.1 Å². The van der Waals surface area contributed by atoms with Crippen LogP contribution in [0, 0.1) is 0 Å². The smallest absolute Gasteiger partial charge is 0.242 e. The highest BCUT2D eigenvalue weighted by atomic mass is 79.9. The van der Waals surface area contributed by atoms with E-state index in [-0.39, 0.29) is 17.1 Å². The van der Waals surface area contributed by atoms with Crippen molar-refractivity contribution in [3.05, 3.63) is 39.6 Å². The summed E-state index contributed by atoms with van der Waals surface area (Å²) < 4.78 is 0.753. The number of aromatic amines is 1. The predicted octanol–water partition coefficient (Wildman–Crippen LogP) is 1.87. The van der Waals surface area contributed by atoms with E-state index in [0.29, 0.717) is 18.7 Å². The molecule has 1 aliphatic heterocycles. The van der Waals surface area contributed by atoms with Crippen LogP contribution in [0.3, 0.4) is 0 Å². The number of amides is 1. The molecule has 20 heavy (non-hydrogen) atoms. The third kappa shape index (κ3) is 2.70. The van der Waals surface area contributed by atoms with Crippen LogP contribution in [0.4, 0.5) is 5.69 Å². The Morgan fingerprint density at radius 3 is 3.20 bits per heavy atom. The van der Waals surface area contributed by atoms with Gasteiger partial charge in [-0.15, -0.1) is 0 Å². The molecule has 2 aromatic rings. The number of anilines is 1. The van der Waals surface area contributed by atoms with Crippen LogP contribution >= 0.6 is 27.5 Å². The van der Waals surface area contributed by atoms with Crippen molar-refractivity contribution in [3.63, 3.8) is 0 Å². The van der Waals surface area contributed by atoms with Crippen LogP contribution in [0.25, 0.3) is 0 Å². The summed E-state index contributed by atoms with van der Waals surface area (Å²) in [4.78, 5) is 23.5. The Bertz CT molecular complexity index is 659. The first kappa shape index (κ1) is 13.5. The van der Waals surface area contributed by atoms with Crippen molar-refractivity contribution in [2.24, 2.45) is 0 Å². The lowest BCUT2D eigenvalue weighted by Crippen LogP contribution is -2.44. The van der Waals surface area contributed by atoms with Gasteiger partial charge in [0.15, 0.2) is 5.15 Å². The van der Waals surface area contributed by atoms with E-state index in [2.05, 4.69) is 41.5 Å². The predicted molar refractivity (Wildman–Crippen MR) is 78.5 cm³/mol. The van der Waals surface area contributed by atoms with E-state index in [0.717, 1.165) is 15.9 Å². The van der Waals surface area contributed by atoms with Crippen molar-refractivity contribution in [2.45, 2.75) is 19.0 Å². The normalized spacial score (nSPS) is 17.6. The van der Waals surface area contributed by atoms with Crippen molar-refractivity contribution in [2.75, 3.05) is 5.32 Å². The van der Waals surface area contributed by atoms with E-state index in [1.54, 1.807) is 18.6 Å². The van der Waals surface area contributed by atoms with Gasteiger partial charge in [-0.3, -0.25) is 10.1 Å². The van der Waals surface area contributed by atoms with E-state index in [9.17, 15) is 4.79 Å². The molecule has 2 aromatic heterocycles. The highest BCUT2D eigenvalue weighted by Gasteiger charge is 2.26. The van der Waals surface area contributed by atoms with Crippen molar-refractivity contribution < 1.29 is 4.79 Å². The van der Waals surface area contributed by atoms with E-state index in [1.807, 2.05) is 0 Å². The van der Waals surface area contributed by atoms with Crippen LogP contribution in [0.2, 0.25) is 5.15 Å². The summed E-state index contributed by atoms with van der Waals surface area (Å²) in [7, 11) is 0. The Balaban J connectivity index is 1.73. The largest absolute Gasteiger partial charge is 0.347 e. The van der Waals surface area contributed by atoms with Crippen LogP contribution in [0.1, 0.15) is 11.4 Å². The second-order valence-electron chi connectivity index (χ2n) is 4.45. The molecule has 3 heterocycles. The average Bonchev–Trinajstić information content (AvgIpc) is 2.90. The number of halogens is 2. The van der Waals surface area contributed by atoms with Crippen molar-refractivity contribution in [3.8, 4) is 0 Å². The van der Waals surface area contributed by atoms with Gasteiger partial charge in [0.25, 0.3) is 0 Å². The van der Waals surface area contributed by atoms with Crippen LogP contribution < -0.4 is 10.6 Å². The van der Waals surface area contributed by atoms with E-state index in [4.69, 9.17) is 11.6 Å². The van der Waals surface area contributed by atoms with Crippen LogP contribution in [-0.2, 0) is 17.8 Å². The lowest BCUT2D eigenvalue weighted by molar-refractivity contribution is -0.118. The first-order valence-corrected chi connectivity index (χ1v) is 7.17. The van der Waals surface area contributed by atoms with E-state index < -0.39 is 0 Å². The minimum atomic E-state index is -0.333. The van der Waals surface area contributed by atoms with Crippen molar-refractivity contribution in [1.29, 1.82) is 0 Å². The SMILES string of the molecule is O=C(Nc1cc(Br)cnc1Cl)C1Cc2nc[nH]c2CN1. The van der Waals surface area contributed by atoms with Crippen LogP contribution in [0.5, 0.6) is 0 Å². The third-order valence-electron chi connectivity index (χ3n) is 3.11. The highest BCUT2D eigenvalue weighted by Crippen LogP contribution is 2.23. The quantitative estimate of drug-likeness (QED) is 0.718. The van der Waals surface area contributed by atoms with Gasteiger partial charge in [0.2, 0.25) is 5.91 Å². The number of hydrogen-bond acceptors (Lipinski definition) is 4. The van der Waals surface area contributed by atoms with Crippen LogP contribution in [-0.4, -0.2) is 26.9 Å². The van der Waals surface area contributed by atoms with Gasteiger partial charge in [0.05, 0.1) is 29.4 Å². The molecule has 3 rings (SSSR count). The lowest BCUT2D eigenvalue weighted by atomic mass is 10.0. The highest BCUT2D eigenvalue weighted by molar-refractivity contribution is 9.10. The number of imidazole rings is 1. The third-order valence-corrected chi connectivity index (χ3v) is 3.85. The minimum absolute atomic E-state index is 0.152. The summed E-state index contributed by atoms with van der Waals surface area (Å²) in [5.41, 5.74) is 2.43. The topological polar surface area (TPSA) is 82.7 Å². The molecule has 1 unspecified atom stereocenters. The second-order valence-corrected chi connectivity index (χ2v) is 5.72. The van der Waals surface area contributed by atoms with Gasteiger partial charge in [0, 0.05) is 23.6 Å². The number of H-pyrrole nitrogens is 1. The fourth-order valence-corrected chi connectivity index (χ4v) is 2.57. The number of carbonyl (C=O) groups is 1. The van der Waals surface area contributed by atoms with Gasteiger partial charge in [-0.05, 0) is 22.0 Å². The molecule has 0 aliphatic carbocycles. The second kappa shape index (κ2) is 5.51. The maximum atomic E-state index is 12.2. The molecule has 0 radical (unpaired) electrons. The standard InChI is InChI=1S/C12H11BrClN5O/c13-6-1-8(11(14)16-3-6)19-12(20)9-2-7-10(4-15-9)18-5-17-7/h1,3,5,9,15H,2,4H2,(H,17,18)(H,19,20). The molecular weight excluding hydrogens is 346 g/mol. The Hall–Kier alpha value is -1.44. The molecule has 1 amide bonds. The van der Waals surface area contributed by atoms with Gasteiger partial charge in [-0.1, -0.05) is 11.6 Å². The Morgan fingerprint density at radius 1 is 1.50 bits per heavy atom. The fraction of sp³-hybridized carbons (Fsp3) is 0.250. The van der Waals surface area contributed by atoms with Gasteiger partial charge in [-0.2, -0.15) is 0 Å². The van der Waals surface area contributed by atoms with E-state index >= 15 is 0 Å². The fourth-order valence-electron chi connectivity index (χ4n) is 2.08. The maximum Gasteiger partial charge on any atom is 0.242 e. The molecule has 1 atom stereocenters. The molecule has 8 heteroatoms. The minimum Gasteiger partial charge on any atom is -0.347 e. The number of pyridine rings is 1. The molecule has 0 bridgehead atoms. The van der Waals surface area contributed by atoms with Crippen LogP contribution in [0.15, 0.2) is 23.1 Å². The molecule has 0 saturated heterocycles. The number of carbonyl (C=O) groups excluding carboxylic acids is 1. The average molecular weight is 357 g/mol. The summed E-state index contributed by atoms with van der Waals surface area (Å²) in [6, 6.07) is 1.39. The molecule has 0 fully saturated rings. The number of nitrogens with one attached hydrogen (secondary N) is 3. The summed E-state index contributed by atoms with van der Waals surface area (Å²) in [6.45, 7) is 0.595. The zero-order chi connectivity index (χ0) is 14.1. The van der Waals surface area contributed by atoms with Gasteiger partial charge >= 0.3 is 0 Å². The first-order chi connectivity index (χ1) is 9.63. The Labute approximate surface area is 128 Å². The maximum absolute atomic E-state index is 12.2. The Kier molecular flexibility index (Phi) is 3.73. The van der Waals surface area contributed by atoms with Crippen molar-refractivity contribution in [1.82, 2.24) is 20.3 Å². The number of aromatic nitrogens is 3. The number of hydrogen-bond donors (Lipinski definition) is 3. The Morgan fingerprint density at radius 2 is 2.35 bits per heavy atom. The molecule has 0 spiro atoms. The molecule has 0 saturated carbocycles. The summed E-state index contributed by atoms with van der Waals surface area (Å²) in [5.74, 6) is -0.152. The summed E-state index contributed by atoms with van der Waals surface area (Å²) >= 11 is 9.25. The molecule has 0 aromatic carbocycles. The first-order valence-electron chi connectivity index (χ1n) is 6.00. The van der Waals surface area contributed by atoms with E-state index in [1.165, 1.54) is 0 Å². The zero-order valence-corrected chi connectivity index (χ0v) is 12.6. The van der Waals surface area contributed by atoms with Gasteiger partial charge in [-0.25, -0.2) is 9.97 Å². The lowest BCUT2D eigenvalue weighted by Gasteiger charge is -2.22. The monoisotopic (exact) mass is 355 g/mol. The molecule has 6 nitrogen and oxygen atoms in total. The summed E-state index contributed by atoms with van der Waals surface area (Å²) in [6.07, 6.45) is 3.76. The summed E-state index contributed by atoms with van der Waals surface area (Å²) in [5, 5.41) is 6.20. The van der Waals surface area contributed by atoms with Gasteiger partial charge < -0.3 is 10.3 Å².